The van der Waals surface area contributed by atoms with Crippen LogP contribution in [0.1, 0.15) is 25.2 Å². The molecule has 0 unspecified atom stereocenters. The molecule has 0 aliphatic carbocycles. The first-order valence-electron chi connectivity index (χ1n) is 6.76. The van der Waals surface area contributed by atoms with Crippen LogP contribution in [0.4, 0.5) is 17.6 Å². The van der Waals surface area contributed by atoms with Gasteiger partial charge < -0.3 is 4.57 Å². The first kappa shape index (κ1) is 14.4. The van der Waals surface area contributed by atoms with E-state index in [0.29, 0.717) is 25.3 Å². The lowest BCUT2D eigenvalue weighted by atomic mass is 10.2. The van der Waals surface area contributed by atoms with Crippen molar-refractivity contribution < 1.29 is 17.6 Å². The molecule has 0 spiro atoms. The van der Waals surface area contributed by atoms with Gasteiger partial charge in [-0.1, -0.05) is 0 Å². The number of aryl methyl sites for hydroxylation is 1. The molecule has 0 aromatic carbocycles. The highest BCUT2D eigenvalue weighted by molar-refractivity contribution is 5.82. The largest absolute Gasteiger partial charge is 0.433 e. The monoisotopic (exact) mass is 304 g/mol. The molecule has 8 heteroatoms. The lowest BCUT2D eigenvalue weighted by Crippen LogP contribution is -2.38. The van der Waals surface area contributed by atoms with E-state index in [-0.39, 0.29) is 11.7 Å². The lowest BCUT2D eigenvalue weighted by Gasteiger charge is -2.31. The molecule has 116 valence electrons. The normalized spacial score (nSPS) is 17.0. The van der Waals surface area contributed by atoms with Crippen LogP contribution < -0.4 is 0 Å². The molecule has 3 heterocycles. The van der Waals surface area contributed by atoms with Gasteiger partial charge in [0, 0.05) is 32.7 Å². The summed E-state index contributed by atoms with van der Waals surface area (Å²) in [6.07, 6.45) is -4.63. The van der Waals surface area contributed by atoms with Gasteiger partial charge in [0.05, 0.1) is 11.1 Å². The maximum absolute atomic E-state index is 14.6. The zero-order chi connectivity index (χ0) is 15.5. The lowest BCUT2D eigenvalue weighted by molar-refractivity contribution is -0.142. The molecule has 0 radical (unpaired) electrons. The standard InChI is InChI=1S/C13H16F4N4/c1-7(2)20-4-5-21-8(6-20)10(14)9-11(13(15,16)17)19(3)18-12(9)21/h7H,4-6H2,1-3H3. The SMILES string of the molecule is CC(C)N1CCn2c(c(F)c3c(C(F)(F)F)n(C)nc32)C1. The number of nitrogens with zero attached hydrogens (tertiary/aromatic N) is 4. The molecule has 0 bridgehead atoms. The number of aromatic nitrogens is 3. The quantitative estimate of drug-likeness (QED) is 0.757. The van der Waals surface area contributed by atoms with Crippen LogP contribution >= 0.6 is 0 Å². The minimum Gasteiger partial charge on any atom is -0.323 e. The van der Waals surface area contributed by atoms with E-state index in [1.807, 2.05) is 18.7 Å². The molecule has 0 fully saturated rings. The molecule has 2 aromatic rings. The van der Waals surface area contributed by atoms with E-state index in [0.717, 1.165) is 4.68 Å². The van der Waals surface area contributed by atoms with Crippen molar-refractivity contribution in [2.75, 3.05) is 6.54 Å². The molecule has 21 heavy (non-hydrogen) atoms. The molecule has 3 rings (SSSR count). The number of halogens is 4. The van der Waals surface area contributed by atoms with E-state index in [1.165, 1.54) is 7.05 Å². The fourth-order valence-corrected chi connectivity index (χ4v) is 2.95. The molecule has 2 aromatic heterocycles. The average molecular weight is 304 g/mol. The van der Waals surface area contributed by atoms with E-state index in [4.69, 9.17) is 0 Å². The Morgan fingerprint density at radius 1 is 1.19 bits per heavy atom. The second-order valence-electron chi connectivity index (χ2n) is 5.65. The summed E-state index contributed by atoms with van der Waals surface area (Å²) in [6.45, 7) is 5.39. The predicted molar refractivity (Wildman–Crippen MR) is 69.2 cm³/mol. The third-order valence-corrected chi connectivity index (χ3v) is 4.05. The maximum Gasteiger partial charge on any atom is 0.433 e. The van der Waals surface area contributed by atoms with Crippen molar-refractivity contribution in [3.63, 3.8) is 0 Å². The topological polar surface area (TPSA) is 26.0 Å². The summed E-state index contributed by atoms with van der Waals surface area (Å²) in [7, 11) is 1.19. The Balaban J connectivity index is 2.22. The highest BCUT2D eigenvalue weighted by Crippen LogP contribution is 2.38. The third kappa shape index (κ3) is 2.04. The Kier molecular flexibility index (Phi) is 3.05. The van der Waals surface area contributed by atoms with Crippen molar-refractivity contribution in [1.82, 2.24) is 19.2 Å². The number of fused-ring (bicyclic) bond motifs is 3. The van der Waals surface area contributed by atoms with Gasteiger partial charge in [-0.25, -0.2) is 4.39 Å². The number of rotatable bonds is 1. The summed E-state index contributed by atoms with van der Waals surface area (Å²) >= 11 is 0. The van der Waals surface area contributed by atoms with Gasteiger partial charge in [0.15, 0.2) is 17.2 Å². The predicted octanol–water partition coefficient (Wildman–Crippen LogP) is 2.76. The van der Waals surface area contributed by atoms with Crippen LogP contribution in [0.15, 0.2) is 0 Å². The number of alkyl halides is 3. The van der Waals surface area contributed by atoms with E-state index in [9.17, 15) is 17.6 Å². The maximum atomic E-state index is 14.6. The molecular weight excluding hydrogens is 288 g/mol. The van der Waals surface area contributed by atoms with Gasteiger partial charge >= 0.3 is 6.18 Å². The van der Waals surface area contributed by atoms with E-state index in [2.05, 4.69) is 5.10 Å². The Labute approximate surface area is 118 Å². The van der Waals surface area contributed by atoms with Crippen molar-refractivity contribution in [2.24, 2.45) is 7.05 Å². The van der Waals surface area contributed by atoms with Gasteiger partial charge in [0.2, 0.25) is 0 Å². The summed E-state index contributed by atoms with van der Waals surface area (Å²) in [6, 6.07) is 0.216. The fraction of sp³-hybridized carbons (Fsp3) is 0.615. The minimum atomic E-state index is -4.63. The van der Waals surface area contributed by atoms with Crippen LogP contribution in [0, 0.1) is 5.82 Å². The summed E-state index contributed by atoms with van der Waals surface area (Å²) < 4.78 is 56.2. The van der Waals surface area contributed by atoms with Gasteiger partial charge in [-0.2, -0.15) is 18.3 Å². The average Bonchev–Trinajstić information content (AvgIpc) is 2.84. The molecule has 1 aliphatic heterocycles. The van der Waals surface area contributed by atoms with Gasteiger partial charge in [-0.15, -0.1) is 0 Å². The van der Waals surface area contributed by atoms with Crippen LogP contribution in [0.2, 0.25) is 0 Å². The fourth-order valence-electron chi connectivity index (χ4n) is 2.95. The van der Waals surface area contributed by atoms with Crippen LogP contribution in [0.5, 0.6) is 0 Å². The number of hydrogen-bond donors (Lipinski definition) is 0. The van der Waals surface area contributed by atoms with Crippen molar-refractivity contribution in [1.29, 1.82) is 0 Å². The van der Waals surface area contributed by atoms with E-state index in [1.54, 1.807) is 4.57 Å². The first-order valence-corrected chi connectivity index (χ1v) is 6.76. The van der Waals surface area contributed by atoms with E-state index >= 15 is 0 Å². The second-order valence-corrected chi connectivity index (χ2v) is 5.65. The molecule has 0 atom stereocenters. The highest BCUT2D eigenvalue weighted by atomic mass is 19.4. The van der Waals surface area contributed by atoms with Gasteiger partial charge in [0.1, 0.15) is 0 Å². The summed E-state index contributed by atoms with van der Waals surface area (Å²) in [5, 5.41) is 3.47. The Morgan fingerprint density at radius 2 is 1.86 bits per heavy atom. The first-order chi connectivity index (χ1) is 9.71. The molecule has 0 amide bonds. The van der Waals surface area contributed by atoms with Crippen LogP contribution in [0.25, 0.3) is 11.0 Å². The molecule has 0 saturated heterocycles. The zero-order valence-corrected chi connectivity index (χ0v) is 12.0. The summed E-state index contributed by atoms with van der Waals surface area (Å²) in [5.74, 6) is -0.796. The molecule has 1 aliphatic rings. The zero-order valence-electron chi connectivity index (χ0n) is 12.0. The number of hydrogen-bond acceptors (Lipinski definition) is 2. The van der Waals surface area contributed by atoms with Crippen molar-refractivity contribution in [3.05, 3.63) is 17.2 Å². The third-order valence-electron chi connectivity index (χ3n) is 4.05. The van der Waals surface area contributed by atoms with Gasteiger partial charge in [0.25, 0.3) is 0 Å². The Morgan fingerprint density at radius 3 is 2.43 bits per heavy atom. The van der Waals surface area contributed by atoms with Gasteiger partial charge in [-0.3, -0.25) is 9.58 Å². The van der Waals surface area contributed by atoms with Crippen molar-refractivity contribution in [3.8, 4) is 0 Å². The van der Waals surface area contributed by atoms with Crippen molar-refractivity contribution >= 4 is 11.0 Å². The second kappa shape index (κ2) is 4.46. The van der Waals surface area contributed by atoms with Crippen LogP contribution in [-0.2, 0) is 26.3 Å². The van der Waals surface area contributed by atoms with E-state index < -0.39 is 23.1 Å². The Bertz CT molecular complexity index is 695. The van der Waals surface area contributed by atoms with Crippen LogP contribution in [-0.4, -0.2) is 31.8 Å². The summed E-state index contributed by atoms with van der Waals surface area (Å²) in [4.78, 5) is 2.03. The molecule has 0 N–H and O–H groups in total. The molecule has 4 nitrogen and oxygen atoms in total. The van der Waals surface area contributed by atoms with Gasteiger partial charge in [-0.05, 0) is 13.8 Å². The minimum absolute atomic E-state index is 0.0840. The highest BCUT2D eigenvalue weighted by Gasteiger charge is 2.41. The molecular formula is C13H16F4N4. The summed E-state index contributed by atoms with van der Waals surface area (Å²) in [5.41, 5.74) is -0.646. The van der Waals surface area contributed by atoms with Crippen molar-refractivity contribution in [2.45, 2.75) is 39.2 Å². The smallest absolute Gasteiger partial charge is 0.323 e. The molecule has 0 saturated carbocycles. The van der Waals surface area contributed by atoms with Crippen LogP contribution in [0.3, 0.4) is 0 Å². The Hall–Kier alpha value is -1.57.